The first-order valence-electron chi connectivity index (χ1n) is 7.54. The van der Waals surface area contributed by atoms with E-state index in [0.29, 0.717) is 5.75 Å². The molecule has 140 valence electrons. The number of hydrogen-bond acceptors (Lipinski definition) is 8. The number of azo groups is 1. The van der Waals surface area contributed by atoms with E-state index < -0.39 is 26.5 Å². The fourth-order valence-electron chi connectivity index (χ4n) is 2.57. The van der Waals surface area contributed by atoms with Crippen LogP contribution in [0.25, 0.3) is 6.08 Å². The maximum Gasteiger partial charge on any atom is 1.00 e. The number of nitrogens with zero attached hydrogens (tertiary/aromatic N) is 2. The third-order valence-corrected chi connectivity index (χ3v) is 4.81. The van der Waals surface area contributed by atoms with Gasteiger partial charge in [0.25, 0.3) is 0 Å². The van der Waals surface area contributed by atoms with Crippen molar-refractivity contribution in [1.29, 1.82) is 0 Å². The summed E-state index contributed by atoms with van der Waals surface area (Å²) in [5, 5.41) is 26.7. The van der Waals surface area contributed by atoms with Crippen LogP contribution in [0.3, 0.4) is 0 Å². The van der Waals surface area contributed by atoms with Crippen molar-refractivity contribution < 1.29 is 62.0 Å². The molecule has 0 saturated carbocycles. The number of aliphatic hydroxyl groups is 1. The average Bonchev–Trinajstić information content (AvgIpc) is 2.64. The van der Waals surface area contributed by atoms with E-state index in [9.17, 15) is 28.1 Å². The van der Waals surface area contributed by atoms with Crippen molar-refractivity contribution >= 4 is 27.7 Å². The number of fused-ring (bicyclic) bond motifs is 1. The first-order chi connectivity index (χ1) is 12.6. The van der Waals surface area contributed by atoms with E-state index in [1.807, 2.05) is 0 Å². The zero-order valence-electron chi connectivity index (χ0n) is 14.9. The first-order valence-corrected chi connectivity index (χ1v) is 8.95. The zero-order valence-corrected chi connectivity index (χ0v) is 17.7. The van der Waals surface area contributed by atoms with Crippen LogP contribution in [-0.2, 0) is 20.6 Å². The molecule has 1 aliphatic carbocycles. The maximum absolute atomic E-state index is 12.3. The quantitative estimate of drug-likeness (QED) is 0.215. The molecule has 2 aromatic rings. The Balaban J connectivity index is 0.00000280. The average molecular weight is 412 g/mol. The minimum absolute atomic E-state index is 0. The molecule has 1 N–H and O–H groups in total. The molecule has 1 unspecified atom stereocenters. The Morgan fingerprint density at radius 2 is 1.79 bits per heavy atom. The summed E-state index contributed by atoms with van der Waals surface area (Å²) >= 11 is 0. The molecule has 9 nitrogen and oxygen atoms in total. The van der Waals surface area contributed by atoms with Crippen LogP contribution in [0.4, 0.5) is 5.69 Å². The largest absolute Gasteiger partial charge is 1.00 e. The third-order valence-electron chi connectivity index (χ3n) is 3.97. The Kier molecular flexibility index (Phi) is 6.44. The number of carbonyl (C=O) groups excluding carboxylic acids is 1. The van der Waals surface area contributed by atoms with Gasteiger partial charge in [-0.1, -0.05) is 17.0 Å². The Hall–Kier alpha value is -2.08. The predicted molar refractivity (Wildman–Crippen MR) is 91.1 cm³/mol. The van der Waals surface area contributed by atoms with Crippen LogP contribution in [0.5, 0.6) is 5.75 Å². The predicted octanol–water partition coefficient (Wildman–Crippen LogP) is -1.36. The Morgan fingerprint density at radius 3 is 2.36 bits per heavy atom. The molecular weight excluding hydrogens is 399 g/mol. The second kappa shape index (κ2) is 8.11. The molecule has 28 heavy (non-hydrogen) atoms. The molecule has 0 fully saturated rings. The second-order valence-corrected chi connectivity index (χ2v) is 7.02. The summed E-state index contributed by atoms with van der Waals surface area (Å²) in [6.07, 6.45) is 2.19. The Morgan fingerprint density at radius 1 is 1.14 bits per heavy atom. The number of carbonyl (C=O) groups is 1. The fourth-order valence-corrected chi connectivity index (χ4v) is 3.07. The normalized spacial score (nSPS) is 19.0. The van der Waals surface area contributed by atoms with Gasteiger partial charge < -0.3 is 19.6 Å². The summed E-state index contributed by atoms with van der Waals surface area (Å²) in [5.41, 5.74) is -2.55. The second-order valence-electron chi connectivity index (χ2n) is 5.64. The molecule has 3 rings (SSSR count). The number of benzene rings is 2. The molecule has 0 radical (unpaired) electrons. The minimum atomic E-state index is -4.72. The van der Waals surface area contributed by atoms with E-state index in [0.717, 1.165) is 24.3 Å². The van der Waals surface area contributed by atoms with Gasteiger partial charge in [-0.3, -0.25) is 4.79 Å². The molecular formula is C17H13N2NaO7S. The van der Waals surface area contributed by atoms with E-state index in [2.05, 4.69) is 5.11 Å². The third kappa shape index (κ3) is 4.17. The van der Waals surface area contributed by atoms with Gasteiger partial charge in [-0.05, 0) is 35.9 Å². The van der Waals surface area contributed by atoms with Crippen LogP contribution < -0.4 is 34.3 Å². The summed E-state index contributed by atoms with van der Waals surface area (Å²) < 4.78 is 38.5. The Bertz CT molecular complexity index is 1080. The van der Waals surface area contributed by atoms with Gasteiger partial charge in [0.1, 0.15) is 15.9 Å². The van der Waals surface area contributed by atoms with E-state index in [-0.39, 0.29) is 51.2 Å². The molecule has 1 aliphatic rings. The topological polar surface area (TPSA) is 142 Å². The number of methoxy groups -OCH3 is 1. The van der Waals surface area contributed by atoms with Crippen LogP contribution in [0.1, 0.15) is 11.1 Å². The van der Waals surface area contributed by atoms with E-state index in [4.69, 9.17) is 4.74 Å². The molecule has 0 heterocycles. The molecule has 0 bridgehead atoms. The zero-order chi connectivity index (χ0) is 19.8. The molecule has 2 aromatic carbocycles. The molecule has 0 amide bonds. The molecule has 0 aliphatic heterocycles. The van der Waals surface area contributed by atoms with Crippen molar-refractivity contribution in [2.24, 2.45) is 5.11 Å². The first kappa shape index (κ1) is 22.2. The number of rotatable bonds is 4. The SMILES string of the molecule is COc1ccc(/[N+]([O-])=N/C2(O)C(=O)C=Cc3cc(S(=O)(=O)[O-])ccc32)cc1.[Na+]. The van der Waals surface area contributed by atoms with E-state index >= 15 is 0 Å². The van der Waals surface area contributed by atoms with Gasteiger partial charge in [0.2, 0.25) is 11.5 Å². The molecule has 0 saturated heterocycles. The molecule has 1 atom stereocenters. The molecule has 11 heteroatoms. The standard InChI is InChI=1S/C17H14N2O7S.Na/c1-26-13-5-3-12(4-6-13)19(22)18-17(21)15-8-7-14(27(23,24)25)10-11(15)2-9-16(17)20;/h2-10,21H,1H3,(H,23,24,25);/q;+1/p-1/b19-18-;. The maximum atomic E-state index is 12.3. The van der Waals surface area contributed by atoms with Gasteiger partial charge in [-0.15, -0.1) is 0 Å². The van der Waals surface area contributed by atoms with Gasteiger partial charge in [-0.2, -0.15) is 0 Å². The minimum Gasteiger partial charge on any atom is -0.744 e. The number of ether oxygens (including phenoxy) is 1. The van der Waals surface area contributed by atoms with Crippen LogP contribution in [-0.4, -0.2) is 35.8 Å². The van der Waals surface area contributed by atoms with Crippen LogP contribution in [0.15, 0.2) is 58.6 Å². The summed E-state index contributed by atoms with van der Waals surface area (Å²) in [6.45, 7) is 0. The Labute approximate surface area is 182 Å². The fraction of sp³-hybridized carbons (Fsp3) is 0.118. The summed E-state index contributed by atoms with van der Waals surface area (Å²) in [5.74, 6) is -0.388. The van der Waals surface area contributed by atoms with Crippen molar-refractivity contribution in [2.45, 2.75) is 10.6 Å². The van der Waals surface area contributed by atoms with Crippen molar-refractivity contribution in [3.63, 3.8) is 0 Å². The summed E-state index contributed by atoms with van der Waals surface area (Å²) in [6, 6.07) is 8.79. The van der Waals surface area contributed by atoms with Crippen molar-refractivity contribution in [2.75, 3.05) is 7.11 Å². The van der Waals surface area contributed by atoms with Gasteiger partial charge in [0.05, 0.1) is 12.0 Å². The van der Waals surface area contributed by atoms with Gasteiger partial charge >= 0.3 is 35.3 Å². The van der Waals surface area contributed by atoms with Gasteiger partial charge in [-0.25, -0.2) is 8.42 Å². The van der Waals surface area contributed by atoms with Gasteiger partial charge in [0.15, 0.2) is 0 Å². The smallest absolute Gasteiger partial charge is 0.744 e. The summed E-state index contributed by atoms with van der Waals surface area (Å²) in [4.78, 5) is 11.8. The van der Waals surface area contributed by atoms with Crippen LogP contribution >= 0.6 is 0 Å². The number of hydrogen-bond donors (Lipinski definition) is 1. The van der Waals surface area contributed by atoms with E-state index in [1.165, 1.54) is 37.5 Å². The van der Waals surface area contributed by atoms with Crippen molar-refractivity contribution in [3.8, 4) is 5.75 Å². The van der Waals surface area contributed by atoms with Crippen molar-refractivity contribution in [3.05, 3.63) is 64.9 Å². The molecule has 0 aromatic heterocycles. The van der Waals surface area contributed by atoms with E-state index in [1.54, 1.807) is 0 Å². The molecule has 0 spiro atoms. The monoisotopic (exact) mass is 412 g/mol. The van der Waals surface area contributed by atoms with Crippen molar-refractivity contribution in [1.82, 2.24) is 0 Å². The van der Waals surface area contributed by atoms with Gasteiger partial charge in [0, 0.05) is 22.8 Å². The summed E-state index contributed by atoms with van der Waals surface area (Å²) in [7, 11) is -3.27. The number of ketones is 1. The van der Waals surface area contributed by atoms with Crippen LogP contribution in [0.2, 0.25) is 0 Å². The van der Waals surface area contributed by atoms with Crippen LogP contribution in [0, 0.1) is 5.21 Å².